The minimum atomic E-state index is 0.0796. The number of rotatable bonds is 4. The molecule has 0 atom stereocenters. The van der Waals surface area contributed by atoms with Gasteiger partial charge in [0, 0.05) is 19.7 Å². The largest absolute Gasteiger partial charge is 0.321 e. The van der Waals surface area contributed by atoms with Crippen molar-refractivity contribution in [3.05, 3.63) is 40.4 Å². The number of nitrogens with zero attached hydrogens (tertiary/aromatic N) is 2. The second-order valence-electron chi connectivity index (χ2n) is 4.55. The number of aryl methyl sites for hydroxylation is 2. The number of Topliss-reactive ketones (excluding diaryl/α,β-unsaturated/α-hetero) is 1. The Bertz CT molecular complexity index is 587. The molecule has 0 aliphatic carbocycles. The van der Waals surface area contributed by atoms with Gasteiger partial charge in [-0.05, 0) is 31.0 Å². The highest BCUT2D eigenvalue weighted by Crippen LogP contribution is 2.30. The fourth-order valence-electron chi connectivity index (χ4n) is 1.92. The number of ketones is 1. The van der Waals surface area contributed by atoms with E-state index in [1.165, 1.54) is 16.9 Å². The van der Waals surface area contributed by atoms with Crippen LogP contribution in [-0.4, -0.2) is 17.8 Å². The molecule has 0 unspecified atom stereocenters. The number of anilines is 2. The van der Waals surface area contributed by atoms with Gasteiger partial charge < -0.3 is 4.90 Å². The summed E-state index contributed by atoms with van der Waals surface area (Å²) in [5.74, 6) is 0.0796. The minimum absolute atomic E-state index is 0.0796. The third-order valence-electron chi connectivity index (χ3n) is 3.12. The lowest BCUT2D eigenvalue weighted by molar-refractivity contribution is 0.102. The molecule has 0 radical (unpaired) electrons. The molecule has 0 fully saturated rings. The maximum absolute atomic E-state index is 11.5. The van der Waals surface area contributed by atoms with Gasteiger partial charge in [0.25, 0.3) is 0 Å². The Balaban J connectivity index is 2.30. The van der Waals surface area contributed by atoms with Crippen molar-refractivity contribution in [2.45, 2.75) is 27.2 Å². The van der Waals surface area contributed by atoms with Crippen LogP contribution in [0.15, 0.2) is 24.3 Å². The summed E-state index contributed by atoms with van der Waals surface area (Å²) in [6.45, 7) is 5.60. The highest BCUT2D eigenvalue weighted by molar-refractivity contribution is 7.17. The summed E-state index contributed by atoms with van der Waals surface area (Å²) in [5, 5.41) is 0.854. The van der Waals surface area contributed by atoms with Crippen molar-refractivity contribution in [1.82, 2.24) is 4.98 Å². The summed E-state index contributed by atoms with van der Waals surface area (Å²) >= 11 is 1.45. The second kappa shape index (κ2) is 5.53. The zero-order chi connectivity index (χ0) is 14.0. The number of carbonyl (C=O) groups is 1. The van der Waals surface area contributed by atoms with E-state index < -0.39 is 0 Å². The van der Waals surface area contributed by atoms with Crippen LogP contribution < -0.4 is 4.90 Å². The molecule has 1 heterocycles. The van der Waals surface area contributed by atoms with Crippen LogP contribution in [0.25, 0.3) is 0 Å². The number of carbonyl (C=O) groups excluding carboxylic acids is 1. The number of hydrogen-bond acceptors (Lipinski definition) is 4. The molecule has 0 spiro atoms. The van der Waals surface area contributed by atoms with Crippen molar-refractivity contribution in [3.8, 4) is 0 Å². The van der Waals surface area contributed by atoms with Gasteiger partial charge in [0.1, 0.15) is 0 Å². The van der Waals surface area contributed by atoms with Crippen LogP contribution >= 0.6 is 11.3 Å². The zero-order valence-electron chi connectivity index (χ0n) is 11.7. The molecule has 0 saturated heterocycles. The Morgan fingerprint density at radius 3 is 2.42 bits per heavy atom. The maximum Gasteiger partial charge on any atom is 0.190 e. The molecule has 0 bridgehead atoms. The van der Waals surface area contributed by atoms with Gasteiger partial charge in [-0.2, -0.15) is 0 Å². The molecule has 0 N–H and O–H groups in total. The molecule has 0 aliphatic rings. The van der Waals surface area contributed by atoms with Gasteiger partial charge in [0.2, 0.25) is 0 Å². The molecule has 4 heteroatoms. The summed E-state index contributed by atoms with van der Waals surface area (Å²) in [6.07, 6.45) is 1.04. The van der Waals surface area contributed by atoms with E-state index in [-0.39, 0.29) is 5.78 Å². The van der Waals surface area contributed by atoms with E-state index in [0.29, 0.717) is 0 Å². The van der Waals surface area contributed by atoms with E-state index in [1.807, 2.05) is 18.9 Å². The molecule has 0 amide bonds. The molecule has 2 rings (SSSR count). The monoisotopic (exact) mass is 274 g/mol. The van der Waals surface area contributed by atoms with E-state index in [4.69, 9.17) is 0 Å². The molecule has 0 aliphatic heterocycles. The molecule has 0 saturated carbocycles. The third-order valence-corrected chi connectivity index (χ3v) is 4.46. The summed E-state index contributed by atoms with van der Waals surface area (Å²) in [6, 6.07) is 8.42. The Hall–Kier alpha value is -1.68. The zero-order valence-corrected chi connectivity index (χ0v) is 12.5. The minimum Gasteiger partial charge on any atom is -0.321 e. The van der Waals surface area contributed by atoms with E-state index in [1.54, 1.807) is 6.92 Å². The lowest BCUT2D eigenvalue weighted by Crippen LogP contribution is -2.08. The first kappa shape index (κ1) is 13.7. The average Bonchev–Trinajstić information content (AvgIpc) is 2.80. The smallest absolute Gasteiger partial charge is 0.190 e. The van der Waals surface area contributed by atoms with Gasteiger partial charge in [0.15, 0.2) is 10.9 Å². The molecule has 2 aromatic rings. The van der Waals surface area contributed by atoms with Gasteiger partial charge in [-0.25, -0.2) is 4.98 Å². The van der Waals surface area contributed by atoms with Crippen molar-refractivity contribution in [2.24, 2.45) is 0 Å². The highest BCUT2D eigenvalue weighted by Gasteiger charge is 2.15. The number of benzene rings is 1. The van der Waals surface area contributed by atoms with Crippen molar-refractivity contribution >= 4 is 27.9 Å². The lowest BCUT2D eigenvalue weighted by Gasteiger charge is -2.16. The molecule has 100 valence electrons. The van der Waals surface area contributed by atoms with E-state index in [0.717, 1.165) is 27.8 Å². The Labute approximate surface area is 117 Å². The normalized spacial score (nSPS) is 10.5. The first-order valence-corrected chi connectivity index (χ1v) is 7.15. The lowest BCUT2D eigenvalue weighted by atomic mass is 10.1. The van der Waals surface area contributed by atoms with Crippen LogP contribution in [0.4, 0.5) is 10.8 Å². The van der Waals surface area contributed by atoms with Crippen LogP contribution in [0.1, 0.15) is 34.8 Å². The summed E-state index contributed by atoms with van der Waals surface area (Å²) in [5.41, 5.74) is 3.21. The first-order valence-electron chi connectivity index (χ1n) is 6.34. The predicted octanol–water partition coefficient (Wildman–Crippen LogP) is 3.98. The molecule has 1 aromatic carbocycles. The van der Waals surface area contributed by atoms with Gasteiger partial charge in [-0.3, -0.25) is 4.79 Å². The highest BCUT2D eigenvalue weighted by atomic mass is 32.1. The van der Waals surface area contributed by atoms with Crippen molar-refractivity contribution in [3.63, 3.8) is 0 Å². The topological polar surface area (TPSA) is 33.2 Å². The van der Waals surface area contributed by atoms with Crippen LogP contribution in [0, 0.1) is 6.92 Å². The number of aromatic nitrogens is 1. The van der Waals surface area contributed by atoms with E-state index in [9.17, 15) is 4.79 Å². The van der Waals surface area contributed by atoms with Crippen molar-refractivity contribution < 1.29 is 4.79 Å². The molecular formula is C15H18N2OS. The molecule has 19 heavy (non-hydrogen) atoms. The number of hydrogen-bond donors (Lipinski definition) is 0. The van der Waals surface area contributed by atoms with Crippen LogP contribution in [0.3, 0.4) is 0 Å². The standard InChI is InChI=1S/C15H18N2OS/c1-5-12-6-8-13(9-7-12)17(4)15-16-10(2)14(19-15)11(3)18/h6-9H,5H2,1-4H3. The molecule has 3 nitrogen and oxygen atoms in total. The van der Waals surface area contributed by atoms with E-state index in [2.05, 4.69) is 36.2 Å². The fourth-order valence-corrected chi connectivity index (χ4v) is 2.86. The third kappa shape index (κ3) is 2.84. The predicted molar refractivity (Wildman–Crippen MR) is 80.7 cm³/mol. The van der Waals surface area contributed by atoms with Crippen LogP contribution in [0.5, 0.6) is 0 Å². The SMILES string of the molecule is CCc1ccc(N(C)c2nc(C)c(C(C)=O)s2)cc1. The average molecular weight is 274 g/mol. The van der Waals surface area contributed by atoms with Crippen LogP contribution in [0.2, 0.25) is 0 Å². The van der Waals surface area contributed by atoms with Crippen LogP contribution in [-0.2, 0) is 6.42 Å². The summed E-state index contributed by atoms with van der Waals surface area (Å²) in [7, 11) is 1.98. The van der Waals surface area contributed by atoms with Crippen molar-refractivity contribution in [2.75, 3.05) is 11.9 Å². The van der Waals surface area contributed by atoms with Gasteiger partial charge >= 0.3 is 0 Å². The van der Waals surface area contributed by atoms with Gasteiger partial charge in [-0.15, -0.1) is 0 Å². The number of thiazole rings is 1. The molecular weight excluding hydrogens is 256 g/mol. The van der Waals surface area contributed by atoms with Gasteiger partial charge in [-0.1, -0.05) is 30.4 Å². The first-order chi connectivity index (χ1) is 9.02. The Morgan fingerprint density at radius 2 is 1.95 bits per heavy atom. The summed E-state index contributed by atoms with van der Waals surface area (Å²) < 4.78 is 0. The summed E-state index contributed by atoms with van der Waals surface area (Å²) in [4.78, 5) is 18.7. The molecule has 1 aromatic heterocycles. The quantitative estimate of drug-likeness (QED) is 0.791. The Kier molecular flexibility index (Phi) is 4.00. The Morgan fingerprint density at radius 1 is 1.32 bits per heavy atom. The fraction of sp³-hybridized carbons (Fsp3) is 0.333. The van der Waals surface area contributed by atoms with E-state index >= 15 is 0 Å². The second-order valence-corrected chi connectivity index (χ2v) is 5.52. The van der Waals surface area contributed by atoms with Crippen molar-refractivity contribution in [1.29, 1.82) is 0 Å². The maximum atomic E-state index is 11.5. The van der Waals surface area contributed by atoms with Gasteiger partial charge in [0.05, 0.1) is 10.6 Å².